The van der Waals surface area contributed by atoms with Crippen LogP contribution in [-0.4, -0.2) is 38.8 Å². The van der Waals surface area contributed by atoms with Gasteiger partial charge in [0.15, 0.2) is 0 Å². The number of hydrogen-bond acceptors (Lipinski definition) is 4. The van der Waals surface area contributed by atoms with E-state index in [1.807, 2.05) is 25.1 Å². The Morgan fingerprint density at radius 2 is 2.35 bits per heavy atom. The van der Waals surface area contributed by atoms with Crippen LogP contribution in [0.15, 0.2) is 18.2 Å². The summed E-state index contributed by atoms with van der Waals surface area (Å²) in [6.07, 6.45) is -0.398. The Kier molecular flexibility index (Phi) is 6.78. The zero-order valence-electron chi connectivity index (χ0n) is 11.8. The summed E-state index contributed by atoms with van der Waals surface area (Å²) < 4.78 is 10.7. The molecule has 2 N–H and O–H groups in total. The van der Waals surface area contributed by atoms with Crippen molar-refractivity contribution in [2.24, 2.45) is 0 Å². The number of aryl methyl sites for hydroxylation is 1. The third-order valence-electron chi connectivity index (χ3n) is 3.12. The molecule has 0 saturated carbocycles. The fourth-order valence-electron chi connectivity index (χ4n) is 2.03. The number of nitrogens with one attached hydrogen (secondary N) is 2. The van der Waals surface area contributed by atoms with E-state index in [-0.39, 0.29) is 18.3 Å². The summed E-state index contributed by atoms with van der Waals surface area (Å²) in [5.41, 5.74) is 2.09. The van der Waals surface area contributed by atoms with Gasteiger partial charge in [-0.3, -0.25) is 4.79 Å². The highest BCUT2D eigenvalue weighted by molar-refractivity contribution is 5.85. The van der Waals surface area contributed by atoms with E-state index in [1.165, 1.54) is 0 Å². The summed E-state index contributed by atoms with van der Waals surface area (Å²) >= 11 is 0. The van der Waals surface area contributed by atoms with E-state index in [1.54, 1.807) is 7.11 Å². The predicted molar refractivity (Wildman–Crippen MR) is 79.4 cm³/mol. The maximum atomic E-state index is 11.9. The number of rotatable bonds is 4. The van der Waals surface area contributed by atoms with E-state index < -0.39 is 6.10 Å². The van der Waals surface area contributed by atoms with Gasteiger partial charge in [-0.05, 0) is 18.6 Å². The number of carbonyl (C=O) groups is 1. The Bertz CT molecular complexity index is 448. The van der Waals surface area contributed by atoms with Crippen molar-refractivity contribution in [3.63, 3.8) is 0 Å². The molecule has 1 aliphatic heterocycles. The van der Waals surface area contributed by atoms with Crippen LogP contribution in [0.25, 0.3) is 0 Å². The van der Waals surface area contributed by atoms with E-state index in [4.69, 9.17) is 9.47 Å². The van der Waals surface area contributed by atoms with Gasteiger partial charge in [0, 0.05) is 25.2 Å². The predicted octanol–water partition coefficient (Wildman–Crippen LogP) is 1.03. The lowest BCUT2D eigenvalue weighted by molar-refractivity contribution is -0.134. The first-order valence-electron chi connectivity index (χ1n) is 6.44. The number of benzene rings is 1. The minimum Gasteiger partial charge on any atom is -0.496 e. The normalized spacial score (nSPS) is 18.0. The van der Waals surface area contributed by atoms with Crippen molar-refractivity contribution in [1.29, 1.82) is 0 Å². The van der Waals surface area contributed by atoms with Crippen molar-refractivity contribution >= 4 is 18.3 Å². The molecule has 0 radical (unpaired) electrons. The van der Waals surface area contributed by atoms with Crippen LogP contribution in [0.5, 0.6) is 5.75 Å². The first-order valence-corrected chi connectivity index (χ1v) is 6.44. The molecule has 6 heteroatoms. The van der Waals surface area contributed by atoms with Crippen LogP contribution < -0.4 is 15.4 Å². The third-order valence-corrected chi connectivity index (χ3v) is 3.12. The minimum absolute atomic E-state index is 0. The van der Waals surface area contributed by atoms with Crippen LogP contribution in [0, 0.1) is 6.92 Å². The molecule has 1 fully saturated rings. The van der Waals surface area contributed by atoms with Gasteiger partial charge in [0.25, 0.3) is 5.91 Å². The topological polar surface area (TPSA) is 59.6 Å². The highest BCUT2D eigenvalue weighted by Crippen LogP contribution is 2.19. The van der Waals surface area contributed by atoms with Gasteiger partial charge in [0.05, 0.1) is 13.7 Å². The number of hydrogen-bond donors (Lipinski definition) is 2. The molecule has 1 aromatic carbocycles. The summed E-state index contributed by atoms with van der Waals surface area (Å²) in [5, 5.41) is 6.01. The second-order valence-electron chi connectivity index (χ2n) is 4.60. The van der Waals surface area contributed by atoms with Crippen LogP contribution in [0.3, 0.4) is 0 Å². The van der Waals surface area contributed by atoms with Gasteiger partial charge in [-0.15, -0.1) is 12.4 Å². The number of amides is 1. The van der Waals surface area contributed by atoms with Gasteiger partial charge < -0.3 is 20.1 Å². The molecule has 112 valence electrons. The number of morpholine rings is 1. The quantitative estimate of drug-likeness (QED) is 0.872. The van der Waals surface area contributed by atoms with Gasteiger partial charge in [0.2, 0.25) is 0 Å². The van der Waals surface area contributed by atoms with Crippen LogP contribution >= 0.6 is 12.4 Å². The molecule has 0 aromatic heterocycles. The number of ether oxygens (including phenoxy) is 2. The zero-order valence-corrected chi connectivity index (χ0v) is 12.6. The van der Waals surface area contributed by atoms with E-state index in [0.717, 1.165) is 23.4 Å². The lowest BCUT2D eigenvalue weighted by atomic mass is 10.1. The number of halogens is 1. The van der Waals surface area contributed by atoms with Crippen molar-refractivity contribution in [1.82, 2.24) is 10.6 Å². The molecular weight excluding hydrogens is 280 g/mol. The fraction of sp³-hybridized carbons (Fsp3) is 0.500. The number of carbonyl (C=O) groups excluding carboxylic acids is 1. The maximum absolute atomic E-state index is 11.9. The fourth-order valence-corrected chi connectivity index (χ4v) is 2.03. The first-order chi connectivity index (χ1) is 9.20. The Balaban J connectivity index is 0.00000200. The Morgan fingerprint density at radius 3 is 3.00 bits per heavy atom. The second kappa shape index (κ2) is 8.09. The highest BCUT2D eigenvalue weighted by Gasteiger charge is 2.21. The summed E-state index contributed by atoms with van der Waals surface area (Å²) in [6, 6.07) is 5.93. The van der Waals surface area contributed by atoms with E-state index in [2.05, 4.69) is 10.6 Å². The lowest BCUT2D eigenvalue weighted by Gasteiger charge is -2.22. The van der Waals surface area contributed by atoms with E-state index in [9.17, 15) is 4.79 Å². The minimum atomic E-state index is -0.398. The molecule has 0 spiro atoms. The molecule has 1 unspecified atom stereocenters. The molecule has 1 aliphatic rings. The summed E-state index contributed by atoms with van der Waals surface area (Å²) in [4.78, 5) is 11.9. The molecule has 2 rings (SSSR count). The molecule has 0 bridgehead atoms. The van der Waals surface area contributed by atoms with Crippen molar-refractivity contribution < 1.29 is 14.3 Å². The molecule has 1 heterocycles. The van der Waals surface area contributed by atoms with Crippen LogP contribution in [-0.2, 0) is 16.1 Å². The van der Waals surface area contributed by atoms with Crippen LogP contribution in [0.2, 0.25) is 0 Å². The summed E-state index contributed by atoms with van der Waals surface area (Å²) in [5.74, 6) is 0.706. The van der Waals surface area contributed by atoms with Gasteiger partial charge >= 0.3 is 0 Å². The molecule has 0 aliphatic carbocycles. The summed E-state index contributed by atoms with van der Waals surface area (Å²) in [7, 11) is 1.63. The first kappa shape index (κ1) is 16.8. The molecule has 1 amide bonds. The van der Waals surface area contributed by atoms with Crippen molar-refractivity contribution in [2.75, 3.05) is 26.8 Å². The van der Waals surface area contributed by atoms with Crippen molar-refractivity contribution in [3.8, 4) is 5.75 Å². The molecule has 1 atom stereocenters. The van der Waals surface area contributed by atoms with Crippen molar-refractivity contribution in [2.45, 2.75) is 19.6 Å². The SMILES string of the molecule is COc1cc(C)ccc1CNC(=O)C1CNCCO1.Cl. The standard InChI is InChI=1S/C14H20N2O3.ClH/c1-10-3-4-11(12(7-10)18-2)8-16-14(17)13-9-15-5-6-19-13;/h3-4,7,13,15H,5-6,8-9H2,1-2H3,(H,16,17);1H. The molecular formula is C14H21ClN2O3. The van der Waals surface area contributed by atoms with Gasteiger partial charge in [-0.1, -0.05) is 12.1 Å². The number of methoxy groups -OCH3 is 1. The van der Waals surface area contributed by atoms with Crippen LogP contribution in [0.1, 0.15) is 11.1 Å². The third kappa shape index (κ3) is 4.37. The van der Waals surface area contributed by atoms with Gasteiger partial charge in [-0.2, -0.15) is 0 Å². The summed E-state index contributed by atoms with van der Waals surface area (Å²) in [6.45, 7) is 4.40. The molecule has 1 aromatic rings. The second-order valence-corrected chi connectivity index (χ2v) is 4.60. The average Bonchev–Trinajstić information content (AvgIpc) is 2.46. The van der Waals surface area contributed by atoms with E-state index in [0.29, 0.717) is 19.7 Å². The highest BCUT2D eigenvalue weighted by atomic mass is 35.5. The molecule has 20 heavy (non-hydrogen) atoms. The average molecular weight is 301 g/mol. The monoisotopic (exact) mass is 300 g/mol. The molecule has 1 saturated heterocycles. The Hall–Kier alpha value is -1.30. The van der Waals surface area contributed by atoms with E-state index >= 15 is 0 Å². The zero-order chi connectivity index (χ0) is 13.7. The maximum Gasteiger partial charge on any atom is 0.250 e. The largest absolute Gasteiger partial charge is 0.496 e. The Morgan fingerprint density at radius 1 is 1.55 bits per heavy atom. The smallest absolute Gasteiger partial charge is 0.250 e. The lowest BCUT2D eigenvalue weighted by Crippen LogP contribution is -2.47. The van der Waals surface area contributed by atoms with Crippen molar-refractivity contribution in [3.05, 3.63) is 29.3 Å². The molecule has 5 nitrogen and oxygen atoms in total. The Labute approximate surface area is 125 Å². The van der Waals surface area contributed by atoms with Crippen LogP contribution in [0.4, 0.5) is 0 Å². The van der Waals surface area contributed by atoms with Gasteiger partial charge in [0.1, 0.15) is 11.9 Å². The van der Waals surface area contributed by atoms with Gasteiger partial charge in [-0.25, -0.2) is 0 Å².